The number of fused-ring (bicyclic) bond motifs is 1. The lowest BCUT2D eigenvalue weighted by Crippen LogP contribution is -2.29. The van der Waals surface area contributed by atoms with Gasteiger partial charge in [0.15, 0.2) is 5.13 Å². The van der Waals surface area contributed by atoms with Crippen molar-refractivity contribution in [1.82, 2.24) is 4.98 Å². The number of aliphatic hydroxyl groups is 1. The Balaban J connectivity index is 1.70. The number of aromatic nitrogens is 1. The maximum absolute atomic E-state index is 13.5. The fourth-order valence-corrected chi connectivity index (χ4v) is 5.51. The number of halogens is 1. The van der Waals surface area contributed by atoms with Gasteiger partial charge in [0.05, 0.1) is 21.8 Å². The number of ketones is 1. The van der Waals surface area contributed by atoms with Gasteiger partial charge in [0.25, 0.3) is 5.78 Å². The normalized spacial score (nSPS) is 17.5. The van der Waals surface area contributed by atoms with E-state index in [1.807, 2.05) is 42.5 Å². The van der Waals surface area contributed by atoms with Crippen molar-refractivity contribution in [3.8, 4) is 0 Å². The van der Waals surface area contributed by atoms with Gasteiger partial charge in [0.1, 0.15) is 11.6 Å². The second kappa shape index (κ2) is 9.32. The Hall–Kier alpha value is -3.84. The maximum atomic E-state index is 13.5. The molecule has 0 radical (unpaired) electrons. The van der Waals surface area contributed by atoms with E-state index in [0.717, 1.165) is 27.8 Å². The molecule has 1 unspecified atom stereocenters. The first-order valence-corrected chi connectivity index (χ1v) is 12.7. The summed E-state index contributed by atoms with van der Waals surface area (Å²) in [5.74, 6) is -2.06. The molecule has 5 nitrogen and oxygen atoms in total. The number of thiazole rings is 1. The summed E-state index contributed by atoms with van der Waals surface area (Å²) in [7, 11) is 0. The Morgan fingerprint density at radius 1 is 1.06 bits per heavy atom. The third-order valence-electron chi connectivity index (χ3n) is 6.54. The van der Waals surface area contributed by atoms with Crippen molar-refractivity contribution in [2.24, 2.45) is 0 Å². The number of benzene rings is 3. The minimum Gasteiger partial charge on any atom is -0.507 e. The predicted octanol–water partition coefficient (Wildman–Crippen LogP) is 6.75. The van der Waals surface area contributed by atoms with Gasteiger partial charge in [-0.2, -0.15) is 0 Å². The third-order valence-corrected chi connectivity index (χ3v) is 7.55. The Bertz CT molecular complexity index is 1500. The summed E-state index contributed by atoms with van der Waals surface area (Å²) in [5.41, 5.74) is 3.89. The first-order chi connectivity index (χ1) is 17.3. The van der Waals surface area contributed by atoms with E-state index in [2.05, 4.69) is 25.8 Å². The summed E-state index contributed by atoms with van der Waals surface area (Å²) in [4.78, 5) is 32.8. The summed E-state index contributed by atoms with van der Waals surface area (Å²) in [6, 6.07) is 17.9. The zero-order chi connectivity index (χ0) is 25.6. The van der Waals surface area contributed by atoms with Crippen molar-refractivity contribution in [3.05, 3.63) is 100 Å². The highest BCUT2D eigenvalue weighted by Crippen LogP contribution is 2.44. The number of hydrogen-bond donors (Lipinski definition) is 1. The van der Waals surface area contributed by atoms with Crippen LogP contribution in [0.3, 0.4) is 0 Å². The first kappa shape index (κ1) is 23.9. The highest BCUT2D eigenvalue weighted by molar-refractivity contribution is 7.22. The van der Waals surface area contributed by atoms with Crippen molar-refractivity contribution >= 4 is 44.1 Å². The molecule has 1 amide bonds. The highest BCUT2D eigenvalue weighted by Gasteiger charge is 2.48. The number of carbonyl (C=O) groups excluding carboxylic acids is 2. The Kier molecular flexibility index (Phi) is 6.18. The molecule has 0 saturated carbocycles. The molecule has 1 aliphatic rings. The monoisotopic (exact) mass is 500 g/mol. The van der Waals surface area contributed by atoms with Gasteiger partial charge in [-0.05, 0) is 65.4 Å². The van der Waals surface area contributed by atoms with Gasteiger partial charge in [-0.3, -0.25) is 14.5 Å². The molecule has 0 spiro atoms. The van der Waals surface area contributed by atoms with Crippen LogP contribution < -0.4 is 4.90 Å². The van der Waals surface area contributed by atoms with Gasteiger partial charge < -0.3 is 5.11 Å². The lowest BCUT2D eigenvalue weighted by molar-refractivity contribution is -0.132. The zero-order valence-corrected chi connectivity index (χ0v) is 21.0. The fraction of sp³-hybridized carbons (Fsp3) is 0.207. The molecule has 7 heteroatoms. The molecule has 1 aromatic heterocycles. The Labute approximate surface area is 212 Å². The summed E-state index contributed by atoms with van der Waals surface area (Å²) in [6.07, 6.45) is 0.869. The van der Waals surface area contributed by atoms with Gasteiger partial charge >= 0.3 is 5.91 Å². The summed E-state index contributed by atoms with van der Waals surface area (Å²) >= 11 is 1.34. The molecule has 0 aliphatic carbocycles. The fourth-order valence-electron chi connectivity index (χ4n) is 4.45. The number of Topliss-reactive ketones (excluding diaryl/α,β-unsaturated/α-hetero) is 1. The van der Waals surface area contributed by atoms with Crippen LogP contribution >= 0.6 is 11.3 Å². The highest BCUT2D eigenvalue weighted by atomic mass is 32.1. The number of aliphatic hydroxyl groups excluding tert-OH is 1. The van der Waals surface area contributed by atoms with Gasteiger partial charge in [-0.15, -0.1) is 0 Å². The average molecular weight is 501 g/mol. The van der Waals surface area contributed by atoms with Crippen LogP contribution in [0.25, 0.3) is 16.0 Å². The van der Waals surface area contributed by atoms with Crippen LogP contribution in [-0.2, 0) is 16.0 Å². The number of nitrogens with zero attached hydrogens (tertiary/aromatic N) is 2. The van der Waals surface area contributed by atoms with E-state index in [4.69, 9.17) is 0 Å². The Morgan fingerprint density at radius 2 is 1.75 bits per heavy atom. The van der Waals surface area contributed by atoms with E-state index in [1.165, 1.54) is 40.5 Å². The van der Waals surface area contributed by atoms with Crippen LogP contribution in [0.4, 0.5) is 9.52 Å². The van der Waals surface area contributed by atoms with E-state index >= 15 is 0 Å². The van der Waals surface area contributed by atoms with Crippen LogP contribution in [0.2, 0.25) is 0 Å². The number of amides is 1. The summed E-state index contributed by atoms with van der Waals surface area (Å²) < 4.78 is 14.4. The van der Waals surface area contributed by atoms with Gasteiger partial charge in [-0.1, -0.05) is 62.4 Å². The second-order valence-electron chi connectivity index (χ2n) is 9.15. The average Bonchev–Trinajstić information content (AvgIpc) is 3.41. The number of hydrogen-bond acceptors (Lipinski definition) is 5. The minimum atomic E-state index is -0.873. The SMILES string of the molecule is CCc1ccc2nc(N3C(=O)C(=O)C(=C(O)c4ccc(F)cc4)C3c3ccc(C(C)C)cc3)sc2c1. The van der Waals surface area contributed by atoms with Crippen LogP contribution in [-0.4, -0.2) is 21.8 Å². The smallest absolute Gasteiger partial charge is 0.301 e. The van der Waals surface area contributed by atoms with Crippen molar-refractivity contribution in [2.45, 2.75) is 39.2 Å². The topological polar surface area (TPSA) is 70.5 Å². The van der Waals surface area contributed by atoms with E-state index in [-0.39, 0.29) is 16.9 Å². The van der Waals surface area contributed by atoms with E-state index in [9.17, 15) is 19.1 Å². The second-order valence-corrected chi connectivity index (χ2v) is 10.2. The van der Waals surface area contributed by atoms with Crippen LogP contribution in [0.15, 0.2) is 72.3 Å². The molecule has 0 bridgehead atoms. The van der Waals surface area contributed by atoms with Gasteiger partial charge in [-0.25, -0.2) is 9.37 Å². The largest absolute Gasteiger partial charge is 0.507 e. The number of carbonyl (C=O) groups is 2. The number of anilines is 1. The van der Waals surface area contributed by atoms with E-state index in [1.54, 1.807) is 0 Å². The van der Waals surface area contributed by atoms with Crippen LogP contribution in [0.1, 0.15) is 55.0 Å². The molecule has 36 heavy (non-hydrogen) atoms. The van der Waals surface area contributed by atoms with Gasteiger partial charge in [0, 0.05) is 5.56 Å². The molecule has 1 N–H and O–H groups in total. The standard InChI is InChI=1S/C29H25FN2O3S/c1-4-17-5-14-22-23(15-17)36-29(31-22)32-25(19-8-6-18(7-9-19)16(2)3)24(27(34)28(32)35)26(33)20-10-12-21(30)13-11-20/h5-16,25,33H,4H2,1-3H3. The molecular formula is C29H25FN2O3S. The maximum Gasteiger partial charge on any atom is 0.301 e. The molecule has 5 rings (SSSR count). The first-order valence-electron chi connectivity index (χ1n) is 11.8. The van der Waals surface area contributed by atoms with Crippen molar-refractivity contribution in [2.75, 3.05) is 4.90 Å². The molecule has 182 valence electrons. The molecule has 3 aromatic carbocycles. The van der Waals surface area contributed by atoms with Crippen molar-refractivity contribution in [3.63, 3.8) is 0 Å². The Morgan fingerprint density at radius 3 is 2.39 bits per heavy atom. The summed E-state index contributed by atoms with van der Waals surface area (Å²) in [6.45, 7) is 6.24. The van der Waals surface area contributed by atoms with Crippen molar-refractivity contribution < 1.29 is 19.1 Å². The van der Waals surface area contributed by atoms with E-state index < -0.39 is 23.5 Å². The quantitative estimate of drug-likeness (QED) is 0.187. The molecule has 4 aromatic rings. The lowest BCUT2D eigenvalue weighted by atomic mass is 9.93. The summed E-state index contributed by atoms with van der Waals surface area (Å²) in [5, 5.41) is 11.6. The van der Waals surface area contributed by atoms with Gasteiger partial charge in [0.2, 0.25) is 0 Å². The van der Waals surface area contributed by atoms with Crippen LogP contribution in [0.5, 0.6) is 0 Å². The molecule has 1 fully saturated rings. The van der Waals surface area contributed by atoms with E-state index in [0.29, 0.717) is 16.6 Å². The lowest BCUT2D eigenvalue weighted by Gasteiger charge is -2.23. The molecule has 1 atom stereocenters. The molecule has 1 saturated heterocycles. The number of aryl methyl sites for hydroxylation is 1. The molecule has 2 heterocycles. The minimum absolute atomic E-state index is 0.0441. The predicted molar refractivity (Wildman–Crippen MR) is 141 cm³/mol. The number of rotatable bonds is 5. The third kappa shape index (κ3) is 4.09. The van der Waals surface area contributed by atoms with Crippen molar-refractivity contribution in [1.29, 1.82) is 0 Å². The molecular weight excluding hydrogens is 475 g/mol. The zero-order valence-electron chi connectivity index (χ0n) is 20.2. The molecule has 1 aliphatic heterocycles. The van der Waals surface area contributed by atoms with Crippen LogP contribution in [0, 0.1) is 5.82 Å².